The Labute approximate surface area is 183 Å². The maximum Gasteiger partial charge on any atom is 0.148 e. The van der Waals surface area contributed by atoms with E-state index in [1.54, 1.807) is 13.2 Å². The highest BCUT2D eigenvalue weighted by molar-refractivity contribution is 5.67. The van der Waals surface area contributed by atoms with Crippen molar-refractivity contribution in [3.05, 3.63) is 36.1 Å². The second-order valence-electron chi connectivity index (χ2n) is 9.26. The molecule has 1 saturated carbocycles. The van der Waals surface area contributed by atoms with E-state index in [0.717, 1.165) is 36.8 Å². The second-order valence-corrected chi connectivity index (χ2v) is 9.26. The van der Waals surface area contributed by atoms with Crippen LogP contribution in [-0.4, -0.2) is 61.1 Å². The van der Waals surface area contributed by atoms with Crippen LogP contribution in [0.15, 0.2) is 30.3 Å². The maximum absolute atomic E-state index is 13.7. The Kier molecular flexibility index (Phi) is 6.05. The summed E-state index contributed by atoms with van der Waals surface area (Å²) in [7, 11) is 1.57. The number of hydrogen-bond acceptors (Lipinski definition) is 6. The summed E-state index contributed by atoms with van der Waals surface area (Å²) in [5.74, 6) is 3.42. The minimum Gasteiger partial charge on any atom is -0.496 e. The van der Waals surface area contributed by atoms with Gasteiger partial charge in [0.15, 0.2) is 0 Å². The molecular formula is C24H31FN4O2. The molecule has 1 N–H and O–H groups in total. The van der Waals surface area contributed by atoms with Crippen LogP contribution < -0.4 is 10.1 Å². The third kappa shape index (κ3) is 4.67. The fourth-order valence-corrected chi connectivity index (χ4v) is 5.60. The van der Waals surface area contributed by atoms with Gasteiger partial charge in [0, 0.05) is 44.5 Å². The van der Waals surface area contributed by atoms with Crippen LogP contribution in [0, 0.1) is 23.6 Å². The Morgan fingerprint density at radius 1 is 1.10 bits per heavy atom. The van der Waals surface area contributed by atoms with E-state index in [-0.39, 0.29) is 5.82 Å². The summed E-state index contributed by atoms with van der Waals surface area (Å²) in [4.78, 5) is 2.68. The lowest BCUT2D eigenvalue weighted by atomic mass is 10.00. The molecule has 3 aliphatic rings. The molecule has 0 radical (unpaired) electrons. The van der Waals surface area contributed by atoms with Crippen molar-refractivity contribution in [1.29, 1.82) is 0 Å². The van der Waals surface area contributed by atoms with E-state index < -0.39 is 0 Å². The van der Waals surface area contributed by atoms with E-state index >= 15 is 0 Å². The largest absolute Gasteiger partial charge is 0.496 e. The molecule has 1 unspecified atom stereocenters. The molecule has 6 nitrogen and oxygen atoms in total. The first-order chi connectivity index (χ1) is 15.2. The molecule has 166 valence electrons. The van der Waals surface area contributed by atoms with Crippen molar-refractivity contribution in [3.8, 4) is 17.0 Å². The zero-order valence-electron chi connectivity index (χ0n) is 18.1. The summed E-state index contributed by atoms with van der Waals surface area (Å²) in [6.45, 7) is 5.56. The van der Waals surface area contributed by atoms with Crippen LogP contribution in [0.5, 0.6) is 5.75 Å². The summed E-state index contributed by atoms with van der Waals surface area (Å²) in [5, 5.41) is 12.2. The molecule has 2 aromatic rings. The standard InChI is InChI=1S/C24H31FN4O2/c1-30-23-4-2-19(25)12-21(23)22-3-5-24(28-27-22)26-20-10-17-14-29(15-18(17)11-20)13-16-6-8-31-9-7-16/h2-5,12,16-18,20H,6-11,13-15H2,1H3,(H,26,28)/t17-,18+,20?. The van der Waals surface area contributed by atoms with Crippen molar-refractivity contribution < 1.29 is 13.9 Å². The monoisotopic (exact) mass is 426 g/mol. The van der Waals surface area contributed by atoms with Crippen LogP contribution in [0.1, 0.15) is 25.7 Å². The Bertz CT molecular complexity index is 874. The normalized spacial score (nSPS) is 26.7. The number of nitrogens with one attached hydrogen (secondary N) is 1. The zero-order chi connectivity index (χ0) is 21.2. The molecule has 1 aromatic heterocycles. The van der Waals surface area contributed by atoms with Crippen molar-refractivity contribution in [1.82, 2.24) is 15.1 Å². The number of ether oxygens (including phenoxy) is 2. The van der Waals surface area contributed by atoms with Crippen molar-refractivity contribution in [2.45, 2.75) is 31.7 Å². The summed E-state index contributed by atoms with van der Waals surface area (Å²) in [5.41, 5.74) is 1.22. The van der Waals surface area contributed by atoms with E-state index in [4.69, 9.17) is 9.47 Å². The maximum atomic E-state index is 13.7. The van der Waals surface area contributed by atoms with Gasteiger partial charge in [-0.05, 0) is 73.8 Å². The Morgan fingerprint density at radius 2 is 1.87 bits per heavy atom. The SMILES string of the molecule is COc1ccc(F)cc1-c1ccc(NC2C[C@@H]3CN(CC4CCOCC4)C[C@@H]3C2)nn1. The van der Waals surface area contributed by atoms with Crippen molar-refractivity contribution in [2.24, 2.45) is 17.8 Å². The first kappa shape index (κ1) is 20.6. The van der Waals surface area contributed by atoms with E-state index in [9.17, 15) is 4.39 Å². The molecule has 7 heteroatoms. The second kappa shape index (κ2) is 9.09. The molecule has 5 rings (SSSR count). The lowest BCUT2D eigenvalue weighted by Crippen LogP contribution is -2.32. The van der Waals surface area contributed by atoms with Crippen LogP contribution in [0.4, 0.5) is 10.2 Å². The smallest absolute Gasteiger partial charge is 0.148 e. The van der Waals surface area contributed by atoms with Gasteiger partial charge in [-0.2, -0.15) is 0 Å². The number of fused-ring (bicyclic) bond motifs is 1. The van der Waals surface area contributed by atoms with E-state index in [0.29, 0.717) is 23.0 Å². The lowest BCUT2D eigenvalue weighted by molar-refractivity contribution is 0.0545. The number of methoxy groups -OCH3 is 1. The summed E-state index contributed by atoms with van der Waals surface area (Å²) in [6, 6.07) is 8.68. The van der Waals surface area contributed by atoms with Crippen molar-refractivity contribution in [2.75, 3.05) is 45.3 Å². The lowest BCUT2D eigenvalue weighted by Gasteiger charge is -2.27. The highest BCUT2D eigenvalue weighted by Crippen LogP contribution is 2.40. The number of likely N-dealkylation sites (tertiary alicyclic amines) is 1. The van der Waals surface area contributed by atoms with Crippen LogP contribution in [0.25, 0.3) is 11.3 Å². The Morgan fingerprint density at radius 3 is 2.55 bits per heavy atom. The minimum absolute atomic E-state index is 0.317. The van der Waals surface area contributed by atoms with Gasteiger partial charge in [0.25, 0.3) is 0 Å². The summed E-state index contributed by atoms with van der Waals surface area (Å²) in [6.07, 6.45) is 4.81. The number of hydrogen-bond donors (Lipinski definition) is 1. The minimum atomic E-state index is -0.317. The van der Waals surface area contributed by atoms with Crippen LogP contribution in [-0.2, 0) is 4.74 Å². The molecule has 2 saturated heterocycles. The van der Waals surface area contributed by atoms with Gasteiger partial charge in [-0.15, -0.1) is 10.2 Å². The van der Waals surface area contributed by atoms with E-state index in [1.807, 2.05) is 12.1 Å². The van der Waals surface area contributed by atoms with Gasteiger partial charge >= 0.3 is 0 Å². The summed E-state index contributed by atoms with van der Waals surface area (Å²) < 4.78 is 24.5. The molecule has 3 atom stereocenters. The predicted octanol–water partition coefficient (Wildman–Crippen LogP) is 3.84. The number of benzene rings is 1. The number of rotatable bonds is 6. The van der Waals surface area contributed by atoms with Gasteiger partial charge in [0.05, 0.1) is 12.8 Å². The zero-order valence-corrected chi connectivity index (χ0v) is 18.1. The van der Waals surface area contributed by atoms with Crippen LogP contribution >= 0.6 is 0 Å². The molecule has 3 heterocycles. The van der Waals surface area contributed by atoms with Gasteiger partial charge in [-0.1, -0.05) is 0 Å². The highest BCUT2D eigenvalue weighted by Gasteiger charge is 2.41. The molecule has 0 bridgehead atoms. The Hall–Kier alpha value is -2.25. The average Bonchev–Trinajstić information content (AvgIpc) is 3.33. The third-order valence-electron chi connectivity index (χ3n) is 7.14. The summed E-state index contributed by atoms with van der Waals surface area (Å²) >= 11 is 0. The fraction of sp³-hybridized carbons (Fsp3) is 0.583. The first-order valence-corrected chi connectivity index (χ1v) is 11.4. The predicted molar refractivity (Wildman–Crippen MR) is 118 cm³/mol. The molecule has 2 aliphatic heterocycles. The van der Waals surface area contributed by atoms with E-state index in [1.165, 1.54) is 57.5 Å². The molecule has 3 fully saturated rings. The molecule has 1 aliphatic carbocycles. The number of aromatic nitrogens is 2. The topological polar surface area (TPSA) is 59.5 Å². The number of nitrogens with zero attached hydrogens (tertiary/aromatic N) is 3. The Balaban J connectivity index is 1.15. The molecule has 0 spiro atoms. The van der Waals surface area contributed by atoms with Gasteiger partial charge in [-0.25, -0.2) is 4.39 Å². The van der Waals surface area contributed by atoms with E-state index in [2.05, 4.69) is 20.4 Å². The first-order valence-electron chi connectivity index (χ1n) is 11.4. The van der Waals surface area contributed by atoms with Gasteiger partial charge < -0.3 is 19.7 Å². The third-order valence-corrected chi connectivity index (χ3v) is 7.14. The number of anilines is 1. The highest BCUT2D eigenvalue weighted by atomic mass is 19.1. The quantitative estimate of drug-likeness (QED) is 0.757. The van der Waals surface area contributed by atoms with Crippen molar-refractivity contribution in [3.63, 3.8) is 0 Å². The van der Waals surface area contributed by atoms with Crippen LogP contribution in [0.3, 0.4) is 0 Å². The van der Waals surface area contributed by atoms with Gasteiger partial charge in [-0.3, -0.25) is 0 Å². The molecule has 31 heavy (non-hydrogen) atoms. The molecular weight excluding hydrogens is 395 g/mol. The number of halogens is 1. The average molecular weight is 427 g/mol. The van der Waals surface area contributed by atoms with Crippen LogP contribution in [0.2, 0.25) is 0 Å². The fourth-order valence-electron chi connectivity index (χ4n) is 5.60. The van der Waals surface area contributed by atoms with Gasteiger partial charge in [0.1, 0.15) is 17.4 Å². The van der Waals surface area contributed by atoms with Crippen molar-refractivity contribution >= 4 is 5.82 Å². The van der Waals surface area contributed by atoms with Gasteiger partial charge in [0.2, 0.25) is 0 Å². The molecule has 1 aromatic carbocycles. The molecule has 0 amide bonds.